The molecule has 4 aromatic rings. The number of aliphatic hydroxyl groups is 1. The number of amides is 4. The first-order chi connectivity index (χ1) is 34.9. The zero-order chi connectivity index (χ0) is 52.1. The number of nitrogens with zero attached hydrogens (tertiary/aromatic N) is 6. The van der Waals surface area contributed by atoms with Crippen molar-refractivity contribution in [2.24, 2.45) is 0 Å². The van der Waals surface area contributed by atoms with Gasteiger partial charge in [-0.05, 0) is 62.4 Å². The van der Waals surface area contributed by atoms with Crippen LogP contribution in [0.4, 0.5) is 35.0 Å². The van der Waals surface area contributed by atoms with Crippen molar-refractivity contribution in [3.63, 3.8) is 0 Å². The summed E-state index contributed by atoms with van der Waals surface area (Å²) < 4.78 is 71.3. The summed E-state index contributed by atoms with van der Waals surface area (Å²) in [5.41, 5.74) is 0.841. The molecule has 2 unspecified atom stereocenters. The third-order valence-corrected chi connectivity index (χ3v) is 16.2. The average molecular weight is 1060 g/mol. The third kappa shape index (κ3) is 12.3. The second kappa shape index (κ2) is 22.4. The number of thiazole rings is 1. The summed E-state index contributed by atoms with van der Waals surface area (Å²) in [6.45, 7) is 8.18. The number of aromatic nitrogens is 3. The Morgan fingerprint density at radius 3 is 2.37 bits per heavy atom. The van der Waals surface area contributed by atoms with E-state index < -0.39 is 63.4 Å². The van der Waals surface area contributed by atoms with E-state index in [9.17, 15) is 37.5 Å². The number of benzene rings is 2. The first-order valence-corrected chi connectivity index (χ1v) is 25.9. The summed E-state index contributed by atoms with van der Waals surface area (Å²) in [4.78, 5) is 73.1. The molecule has 2 aliphatic heterocycles. The van der Waals surface area contributed by atoms with Crippen molar-refractivity contribution in [3.8, 4) is 16.2 Å². The molecular weight excluding hydrogens is 997 g/mol. The Hall–Kier alpha value is -5.66. The highest BCUT2D eigenvalue weighted by atomic mass is 32.2. The van der Waals surface area contributed by atoms with Gasteiger partial charge in [0, 0.05) is 81.5 Å². The van der Waals surface area contributed by atoms with Crippen LogP contribution < -0.4 is 26.0 Å². The van der Waals surface area contributed by atoms with E-state index in [-0.39, 0.29) is 56.4 Å². The van der Waals surface area contributed by atoms with Crippen molar-refractivity contribution in [2.75, 3.05) is 96.2 Å². The van der Waals surface area contributed by atoms with Crippen LogP contribution in [0.15, 0.2) is 54.2 Å². The Morgan fingerprint density at radius 2 is 1.71 bits per heavy atom. The van der Waals surface area contributed by atoms with E-state index in [1.54, 1.807) is 39.9 Å². The van der Waals surface area contributed by atoms with Gasteiger partial charge in [-0.3, -0.25) is 24.1 Å². The monoisotopic (exact) mass is 1060 g/mol. The Bertz CT molecular complexity index is 2640. The molecule has 0 bridgehead atoms. The number of rotatable bonds is 22. The summed E-state index contributed by atoms with van der Waals surface area (Å²) in [5, 5.41) is 21.7. The van der Waals surface area contributed by atoms with Crippen molar-refractivity contribution in [1.29, 1.82) is 0 Å². The number of piperazine rings is 1. The zero-order valence-electron chi connectivity index (χ0n) is 41.0. The number of ether oxygens (including phenoxy) is 3. The van der Waals surface area contributed by atoms with Crippen LogP contribution in [0, 0.1) is 6.92 Å². The summed E-state index contributed by atoms with van der Waals surface area (Å²) >= 11 is 2.98. The van der Waals surface area contributed by atoms with Gasteiger partial charge in [0.2, 0.25) is 11.9 Å². The summed E-state index contributed by atoms with van der Waals surface area (Å²) in [7, 11) is 2.74. The quantitative estimate of drug-likeness (QED) is 0.0516. The van der Waals surface area contributed by atoms with Crippen LogP contribution in [0.2, 0.25) is 0 Å². The van der Waals surface area contributed by atoms with Gasteiger partial charge in [0.05, 0.1) is 61.4 Å². The van der Waals surface area contributed by atoms with Gasteiger partial charge in [0.25, 0.3) is 17.7 Å². The number of anilines is 3. The Kier molecular flexibility index (Phi) is 16.5. The van der Waals surface area contributed by atoms with E-state index in [1.165, 1.54) is 30.8 Å². The van der Waals surface area contributed by atoms with E-state index in [1.807, 2.05) is 38.1 Å². The van der Waals surface area contributed by atoms with Gasteiger partial charge in [0.1, 0.15) is 28.7 Å². The molecule has 0 spiro atoms. The lowest BCUT2D eigenvalue weighted by molar-refractivity contribution is -0.143. The number of aliphatic hydroxyl groups excluding tert-OH is 1. The van der Waals surface area contributed by atoms with Gasteiger partial charge < -0.3 is 50.4 Å². The molecule has 4 aliphatic rings. The maximum Gasteiger partial charge on any atom is 0.421 e. The minimum atomic E-state index is -4.63. The van der Waals surface area contributed by atoms with Crippen molar-refractivity contribution in [1.82, 2.24) is 40.3 Å². The van der Waals surface area contributed by atoms with Crippen molar-refractivity contribution in [3.05, 3.63) is 76.6 Å². The number of halogens is 4. The summed E-state index contributed by atoms with van der Waals surface area (Å²) in [6, 6.07) is 11.5. The Morgan fingerprint density at radius 1 is 0.986 bits per heavy atom. The third-order valence-electron chi connectivity index (χ3n) is 13.7. The van der Waals surface area contributed by atoms with E-state index in [4.69, 9.17) is 14.2 Å². The highest BCUT2D eigenvalue weighted by Crippen LogP contribution is 2.59. The molecule has 2 aliphatic carbocycles. The first-order valence-electron chi connectivity index (χ1n) is 24.0. The molecule has 2 aromatic heterocycles. The molecule has 5 N–H and O–H groups in total. The van der Waals surface area contributed by atoms with Gasteiger partial charge in [-0.1, -0.05) is 24.3 Å². The first kappa shape index (κ1) is 53.6. The van der Waals surface area contributed by atoms with Gasteiger partial charge in [-0.2, -0.15) is 18.2 Å². The number of carbonyl (C=O) groups excluding carboxylic acids is 4. The number of β-amino-alcohol motifs (C(OH)–C–C–N with tert-alkyl or cyclic N) is 1. The highest BCUT2D eigenvalue weighted by molar-refractivity contribution is 8.01. The largest absolute Gasteiger partial charge is 0.495 e. The second-order valence-corrected chi connectivity index (χ2v) is 21.2. The molecule has 2 saturated carbocycles. The smallest absolute Gasteiger partial charge is 0.421 e. The number of methoxy groups -OCH3 is 1. The maximum absolute atomic E-state index is 15.1. The van der Waals surface area contributed by atoms with Crippen molar-refractivity contribution in [2.45, 2.75) is 80.4 Å². The molecule has 394 valence electrons. The fraction of sp³-hybridized carbons (Fsp3) is 0.531. The second-order valence-electron chi connectivity index (χ2n) is 18.7. The predicted molar refractivity (Wildman–Crippen MR) is 267 cm³/mol. The highest BCUT2D eigenvalue weighted by Gasteiger charge is 2.73. The molecule has 2 aromatic carbocycles. The van der Waals surface area contributed by atoms with E-state index in [0.717, 1.165) is 21.7 Å². The van der Waals surface area contributed by atoms with E-state index in [2.05, 4.69) is 41.1 Å². The lowest BCUT2D eigenvalue weighted by Crippen LogP contribution is -2.59. The van der Waals surface area contributed by atoms with E-state index >= 15 is 4.39 Å². The number of thioether (sulfide) groups is 1. The molecule has 24 heteroatoms. The molecule has 73 heavy (non-hydrogen) atoms. The van der Waals surface area contributed by atoms with Crippen LogP contribution in [0.3, 0.4) is 0 Å². The molecule has 18 nitrogen and oxygen atoms in total. The van der Waals surface area contributed by atoms with Gasteiger partial charge >= 0.3 is 6.18 Å². The number of likely N-dealkylation sites (tertiary alicyclic amines) is 1. The van der Waals surface area contributed by atoms with Crippen LogP contribution in [0.25, 0.3) is 10.4 Å². The predicted octanol–water partition coefficient (Wildman–Crippen LogP) is 5.04. The van der Waals surface area contributed by atoms with Gasteiger partial charge in [0.15, 0.2) is 5.67 Å². The van der Waals surface area contributed by atoms with Crippen LogP contribution in [-0.2, 0) is 36.6 Å². The fourth-order valence-electron chi connectivity index (χ4n) is 9.09. The molecular formula is C49H60F4N10O8S2. The summed E-state index contributed by atoms with van der Waals surface area (Å²) in [6.07, 6.45) is -4.51. The maximum atomic E-state index is 15.1. The normalized spacial score (nSPS) is 22.4. The molecule has 4 amide bonds. The molecule has 8 rings (SSSR count). The zero-order valence-corrected chi connectivity index (χ0v) is 42.6. The lowest BCUT2D eigenvalue weighted by Gasteiger charge is -2.34. The van der Waals surface area contributed by atoms with Crippen LogP contribution in [-0.4, -0.2) is 172 Å². The average Bonchev–Trinajstić information content (AvgIpc) is 4.12. The standard InChI is InChI=1S/C49H60F4N10O8S2/c1-30-39(72-29-57-30)32-7-5-31(6-8-32)25-55-41(65)37-24-34(64)27-63(37)44(68)48(60-43(67)47(50)11-12-47)28-46(48,2)73-22-21-71-20-19-70-18-17-61-13-15-62(16-14-61)42(66)33-9-10-36(38(23-33)69-4)58-45-56-26-35(49(51,52)53)40(54-3)59-45/h5-10,23,26,29,34,37,64H,11-22,24-25,27-28H2,1-4H3,(H,55,65)(H,60,67)(H2,54,56,58,59)/t34-,37+,46?,48?/m1/s1. The minimum absolute atomic E-state index is 0.0281. The topological polar surface area (TPSA) is 213 Å². The van der Waals surface area contributed by atoms with Crippen LogP contribution in [0.5, 0.6) is 5.75 Å². The Balaban J connectivity index is 0.744. The Labute approximate surface area is 428 Å². The molecule has 0 radical (unpaired) electrons. The van der Waals surface area contributed by atoms with Crippen LogP contribution in [0.1, 0.15) is 59.8 Å². The number of nitrogens with one attached hydrogen (secondary N) is 4. The van der Waals surface area contributed by atoms with E-state index in [0.29, 0.717) is 82.4 Å². The number of aryl methyl sites for hydroxylation is 1. The summed E-state index contributed by atoms with van der Waals surface area (Å²) in [5.74, 6) is -1.72. The lowest BCUT2D eigenvalue weighted by atomic mass is 10.1. The number of hydrogen-bond acceptors (Lipinski definition) is 16. The van der Waals surface area contributed by atoms with Crippen molar-refractivity contribution >= 4 is 64.2 Å². The molecule has 2 saturated heterocycles. The number of hydrogen-bond donors (Lipinski definition) is 5. The fourth-order valence-corrected chi connectivity index (χ4v) is 11.3. The molecule has 4 heterocycles. The molecule has 4 atom stereocenters. The van der Waals surface area contributed by atoms with Gasteiger partial charge in [-0.15, -0.1) is 23.1 Å². The number of alkyl halides is 4. The minimum Gasteiger partial charge on any atom is -0.495 e. The van der Waals surface area contributed by atoms with Gasteiger partial charge in [-0.25, -0.2) is 14.4 Å². The van der Waals surface area contributed by atoms with Crippen LogP contribution >= 0.6 is 23.1 Å². The molecule has 4 fully saturated rings. The van der Waals surface area contributed by atoms with Crippen molar-refractivity contribution < 1.29 is 56.1 Å². The number of carbonyl (C=O) groups is 4. The SMILES string of the molecule is CNc1nc(Nc2ccc(C(=O)N3CCN(CCOCCOCCSC4(C)CC4(NC(=O)C4(F)CC4)C(=O)N4C[C@H](O)C[C@H]4C(=O)NCc4ccc(-c5scnc5C)cc4)CC3)cc2OC)ncc1C(F)(F)F.